The molecule has 0 bridgehead atoms. The third-order valence-corrected chi connectivity index (χ3v) is 7.66. The first-order valence-electron chi connectivity index (χ1n) is 15.8. The number of nitrogens with one attached hydrogen (secondary N) is 1. The Labute approximate surface area is 279 Å². The minimum atomic E-state index is -0.518. The highest BCUT2D eigenvalue weighted by molar-refractivity contribution is 6.11. The molecule has 0 aromatic heterocycles. The Morgan fingerprint density at radius 1 is 1.04 bits per heavy atom. The molecule has 0 aliphatic carbocycles. The van der Waals surface area contributed by atoms with Gasteiger partial charge in [0.1, 0.15) is 34.2 Å². The average molecular weight is 688 g/mol. The van der Waals surface area contributed by atoms with Gasteiger partial charge in [0.25, 0.3) is 5.91 Å². The molecular formula is C36H51BrN2O6. The molecule has 0 fully saturated rings. The lowest BCUT2D eigenvalue weighted by Crippen LogP contribution is -3.00. The fourth-order valence-electron chi connectivity index (χ4n) is 5.13. The number of aromatic hydroxyl groups is 1. The normalized spacial score (nSPS) is 13.5. The number of methoxy groups -OCH3 is 1. The van der Waals surface area contributed by atoms with Crippen molar-refractivity contribution in [2.24, 2.45) is 0 Å². The van der Waals surface area contributed by atoms with E-state index in [0.29, 0.717) is 28.9 Å². The van der Waals surface area contributed by atoms with Gasteiger partial charge in [0.15, 0.2) is 12.3 Å². The minimum Gasteiger partial charge on any atom is -1.00 e. The van der Waals surface area contributed by atoms with Crippen molar-refractivity contribution in [1.82, 2.24) is 5.32 Å². The number of phenolic OH excluding ortho intramolecular Hbond substituents is 1. The Morgan fingerprint density at radius 3 is 2.44 bits per heavy atom. The summed E-state index contributed by atoms with van der Waals surface area (Å²) in [5, 5.41) is 13.9. The van der Waals surface area contributed by atoms with Crippen molar-refractivity contribution in [1.29, 1.82) is 0 Å². The number of allylic oxidation sites excluding steroid dienone is 1. The quantitative estimate of drug-likeness (QED) is 0.107. The van der Waals surface area contributed by atoms with Gasteiger partial charge in [-0.3, -0.25) is 9.59 Å². The zero-order chi connectivity index (χ0) is 32.2. The van der Waals surface area contributed by atoms with Crippen LogP contribution in [0.5, 0.6) is 23.0 Å². The van der Waals surface area contributed by atoms with Crippen molar-refractivity contribution < 1.29 is 50.4 Å². The van der Waals surface area contributed by atoms with E-state index in [9.17, 15) is 14.7 Å². The fourth-order valence-corrected chi connectivity index (χ4v) is 5.13. The number of hydrogen-bond donors (Lipinski definition) is 2. The second-order valence-electron chi connectivity index (χ2n) is 12.7. The van der Waals surface area contributed by atoms with Crippen LogP contribution < -0.4 is 36.5 Å². The third-order valence-electron chi connectivity index (χ3n) is 7.66. The molecule has 2 N–H and O–H groups in total. The molecule has 1 amide bonds. The highest BCUT2D eigenvalue weighted by Crippen LogP contribution is 2.43. The smallest absolute Gasteiger partial charge is 0.275 e. The lowest BCUT2D eigenvalue weighted by Gasteiger charge is -2.29. The lowest BCUT2D eigenvalue weighted by molar-refractivity contribution is -0.882. The average Bonchev–Trinajstić information content (AvgIpc) is 2.97. The van der Waals surface area contributed by atoms with Crippen LogP contribution >= 0.6 is 0 Å². The molecule has 2 aromatic rings. The molecule has 2 aromatic carbocycles. The highest BCUT2D eigenvalue weighted by atomic mass is 79.9. The predicted octanol–water partition coefficient (Wildman–Crippen LogP) is 3.81. The van der Waals surface area contributed by atoms with Gasteiger partial charge in [0.05, 0.1) is 39.9 Å². The van der Waals surface area contributed by atoms with Gasteiger partial charge in [-0.1, -0.05) is 44.4 Å². The molecule has 0 saturated carbocycles. The summed E-state index contributed by atoms with van der Waals surface area (Å²) in [6.07, 6.45) is 14.4. The van der Waals surface area contributed by atoms with Crippen LogP contribution in [-0.2, 0) is 4.79 Å². The summed E-state index contributed by atoms with van der Waals surface area (Å²) < 4.78 is 17.9. The van der Waals surface area contributed by atoms with Gasteiger partial charge in [0.2, 0.25) is 0 Å². The molecular weight excluding hydrogens is 636 g/mol. The first kappa shape index (κ1) is 37.9. The summed E-state index contributed by atoms with van der Waals surface area (Å²) in [5.74, 6) is 1.09. The topological polar surface area (TPSA) is 94.1 Å². The zero-order valence-electron chi connectivity index (χ0n) is 27.8. The van der Waals surface area contributed by atoms with Crippen LogP contribution in [0.1, 0.15) is 87.2 Å². The molecule has 0 spiro atoms. The molecule has 9 heteroatoms. The van der Waals surface area contributed by atoms with E-state index in [4.69, 9.17) is 14.2 Å². The van der Waals surface area contributed by atoms with E-state index >= 15 is 0 Å². The SMILES string of the molecule is CCCCCCNC(=O)C[N+](C)(C)CCCCCOc1ccc(/C=C/C(=O)c2c(OC)cc3c(c2O)C=CC(C)(C)O3)cc1.[Br-]. The number of ether oxygens (including phenoxy) is 3. The van der Waals surface area contributed by atoms with Crippen LogP contribution in [0.3, 0.4) is 0 Å². The van der Waals surface area contributed by atoms with Crippen LogP contribution in [0, 0.1) is 0 Å². The van der Waals surface area contributed by atoms with Gasteiger partial charge >= 0.3 is 0 Å². The van der Waals surface area contributed by atoms with E-state index in [-0.39, 0.29) is 45.7 Å². The van der Waals surface area contributed by atoms with Gasteiger partial charge in [-0.25, -0.2) is 0 Å². The van der Waals surface area contributed by atoms with Crippen LogP contribution in [0.15, 0.2) is 42.5 Å². The number of fused-ring (bicyclic) bond motifs is 1. The summed E-state index contributed by atoms with van der Waals surface area (Å²) in [6, 6.07) is 9.17. The molecule has 8 nitrogen and oxygen atoms in total. The number of carbonyl (C=O) groups excluding carboxylic acids is 2. The van der Waals surface area contributed by atoms with Crippen LogP contribution in [0.25, 0.3) is 12.2 Å². The number of benzene rings is 2. The number of unbranched alkanes of at least 4 members (excludes halogenated alkanes) is 5. The zero-order valence-corrected chi connectivity index (χ0v) is 29.4. The van der Waals surface area contributed by atoms with Crippen LogP contribution in [0.4, 0.5) is 0 Å². The number of likely N-dealkylation sites (N-methyl/N-ethyl adjacent to an activating group) is 1. The van der Waals surface area contributed by atoms with E-state index in [0.717, 1.165) is 50.1 Å². The van der Waals surface area contributed by atoms with E-state index in [1.807, 2.05) is 44.2 Å². The van der Waals surface area contributed by atoms with Gasteiger partial charge in [-0.15, -0.1) is 0 Å². The Kier molecular flexibility index (Phi) is 15.2. The van der Waals surface area contributed by atoms with Gasteiger partial charge in [0, 0.05) is 12.6 Å². The van der Waals surface area contributed by atoms with Crippen molar-refractivity contribution in [3.8, 4) is 23.0 Å². The second kappa shape index (κ2) is 18.0. The van der Waals surface area contributed by atoms with Crippen molar-refractivity contribution in [2.45, 2.75) is 71.3 Å². The van der Waals surface area contributed by atoms with Crippen molar-refractivity contribution >= 4 is 23.8 Å². The standard InChI is InChI=1S/C36H50N2O6.BrH/c1-7-8-9-11-22-37-33(40)26-38(4,5)23-12-10-13-24-43-28-17-14-27(15-18-28)16-19-30(39)34-32(42-6)25-31-29(35(34)41)20-21-36(2,3)44-31;/h14-21,25H,7-13,22-24,26H2,1-6H3,(H-,37,39,40,41);1H/b19-16+;. The first-order chi connectivity index (χ1) is 20.9. The van der Waals surface area contributed by atoms with Crippen LogP contribution in [-0.4, -0.2) is 74.3 Å². The predicted molar refractivity (Wildman–Crippen MR) is 177 cm³/mol. The molecule has 3 rings (SSSR count). The van der Waals surface area contributed by atoms with Crippen molar-refractivity contribution in [3.63, 3.8) is 0 Å². The second-order valence-corrected chi connectivity index (χ2v) is 12.7. The number of quaternary nitrogens is 1. The minimum absolute atomic E-state index is 0. The van der Waals surface area contributed by atoms with E-state index in [1.54, 1.807) is 18.2 Å². The Morgan fingerprint density at radius 2 is 1.76 bits per heavy atom. The Balaban J connectivity index is 0.00000705. The molecule has 45 heavy (non-hydrogen) atoms. The number of ketones is 1. The van der Waals surface area contributed by atoms with Gasteiger partial charge < -0.3 is 46.1 Å². The summed E-state index contributed by atoms with van der Waals surface area (Å²) in [6.45, 7) is 8.85. The number of rotatable bonds is 18. The summed E-state index contributed by atoms with van der Waals surface area (Å²) in [7, 11) is 5.67. The van der Waals surface area contributed by atoms with E-state index in [1.165, 1.54) is 32.4 Å². The maximum Gasteiger partial charge on any atom is 0.275 e. The fraction of sp³-hybridized carbons (Fsp3) is 0.500. The van der Waals surface area contributed by atoms with Crippen molar-refractivity contribution in [3.05, 3.63) is 59.2 Å². The molecule has 248 valence electrons. The maximum atomic E-state index is 13.1. The Hall–Kier alpha value is -3.30. The molecule has 0 atom stereocenters. The number of halogens is 1. The highest BCUT2D eigenvalue weighted by Gasteiger charge is 2.28. The van der Waals surface area contributed by atoms with Crippen molar-refractivity contribution in [2.75, 3.05) is 47.4 Å². The van der Waals surface area contributed by atoms with Crippen LogP contribution in [0.2, 0.25) is 0 Å². The number of amides is 1. The number of carbonyl (C=O) groups is 2. The van der Waals surface area contributed by atoms with E-state index < -0.39 is 5.60 Å². The van der Waals surface area contributed by atoms with E-state index in [2.05, 4.69) is 26.3 Å². The number of phenols is 1. The molecule has 1 aliphatic rings. The summed E-state index contributed by atoms with van der Waals surface area (Å²) in [4.78, 5) is 25.3. The third kappa shape index (κ3) is 12.2. The number of hydrogen-bond acceptors (Lipinski definition) is 6. The summed E-state index contributed by atoms with van der Waals surface area (Å²) >= 11 is 0. The molecule has 1 aliphatic heterocycles. The molecule has 1 heterocycles. The summed E-state index contributed by atoms with van der Waals surface area (Å²) in [5.41, 5.74) is 0.869. The molecule has 0 saturated heterocycles. The monoisotopic (exact) mass is 686 g/mol. The van der Waals surface area contributed by atoms with Gasteiger partial charge in [-0.2, -0.15) is 0 Å². The molecule has 0 unspecified atom stereocenters. The number of nitrogens with zero attached hydrogens (tertiary/aromatic N) is 1. The first-order valence-corrected chi connectivity index (χ1v) is 15.8. The lowest BCUT2D eigenvalue weighted by atomic mass is 9.97. The molecule has 0 radical (unpaired) electrons. The largest absolute Gasteiger partial charge is 1.00 e. The Bertz CT molecular complexity index is 1320. The maximum absolute atomic E-state index is 13.1. The van der Waals surface area contributed by atoms with Gasteiger partial charge in [-0.05, 0) is 75.5 Å².